The Morgan fingerprint density at radius 1 is 1.23 bits per heavy atom. The van der Waals surface area contributed by atoms with Crippen LogP contribution in [-0.2, 0) is 26.3 Å². The number of carbonyl (C=O) groups is 3. The average Bonchev–Trinajstić information content (AvgIpc) is 3.67. The summed E-state index contributed by atoms with van der Waals surface area (Å²) in [5.41, 5.74) is 1.16. The molecule has 6 rings (SSSR count). The SMILES string of the molecule is CN1CCC2(CC1)OC(=O)c1ncc(-c3ccc(C[C@@H](C#N)NC(=O)[C@@H]4[C@H]5CC[C@H](C5)N4C(=O)OC(C)(C)C)c(F)c3)cc12. The van der Waals surface area contributed by atoms with E-state index in [-0.39, 0.29) is 23.9 Å². The Kier molecular flexibility index (Phi) is 7.60. The van der Waals surface area contributed by atoms with Gasteiger partial charge in [0.25, 0.3) is 0 Å². The van der Waals surface area contributed by atoms with Gasteiger partial charge in [-0.3, -0.25) is 9.69 Å². The van der Waals surface area contributed by atoms with Gasteiger partial charge in [-0.05, 0) is 76.3 Å². The lowest BCUT2D eigenvalue weighted by molar-refractivity contribution is -0.128. The zero-order chi connectivity index (χ0) is 31.4. The van der Waals surface area contributed by atoms with Crippen LogP contribution in [0.5, 0.6) is 0 Å². The van der Waals surface area contributed by atoms with Crippen molar-refractivity contribution in [3.05, 3.63) is 53.1 Å². The molecule has 1 spiro atoms. The fourth-order valence-electron chi connectivity index (χ4n) is 7.17. The maximum atomic E-state index is 15.4. The number of hydrogen-bond donors (Lipinski definition) is 1. The molecule has 1 N–H and O–H groups in total. The molecule has 2 aromatic rings. The molecule has 232 valence electrons. The molecule has 4 heterocycles. The van der Waals surface area contributed by atoms with E-state index in [1.54, 1.807) is 39.1 Å². The van der Waals surface area contributed by atoms with Crippen LogP contribution in [0.15, 0.2) is 30.5 Å². The monoisotopic (exact) mass is 603 g/mol. The van der Waals surface area contributed by atoms with Crippen molar-refractivity contribution in [1.82, 2.24) is 20.1 Å². The molecular weight excluding hydrogens is 565 g/mol. The predicted molar refractivity (Wildman–Crippen MR) is 158 cm³/mol. The van der Waals surface area contributed by atoms with Crippen LogP contribution < -0.4 is 5.32 Å². The molecule has 3 fully saturated rings. The molecule has 1 aromatic heterocycles. The number of aromatic nitrogens is 1. The number of nitrogens with zero attached hydrogens (tertiary/aromatic N) is 4. The second-order valence-corrected chi connectivity index (χ2v) is 13.6. The standard InChI is InChI=1S/C33H38FN5O5/c1-32(2,3)44-31(42)39-24-8-7-21(14-24)28(39)29(40)37-23(17-35)13-20-6-5-19(16-26(20)34)22-15-25-27(36-18-22)30(41)43-33(25)9-11-38(4)12-10-33/h5-6,15-16,18,21,23-24,28H,7-14H2,1-4H3,(H,37,40)/t21-,23-,24+,28-/m0/s1. The van der Waals surface area contributed by atoms with Gasteiger partial charge in [-0.25, -0.2) is 19.0 Å². The fraction of sp³-hybridized carbons (Fsp3) is 0.545. The van der Waals surface area contributed by atoms with Crippen LogP contribution in [0, 0.1) is 23.1 Å². The van der Waals surface area contributed by atoms with E-state index in [0.717, 1.165) is 37.9 Å². The first kappa shape index (κ1) is 30.0. The summed E-state index contributed by atoms with van der Waals surface area (Å²) in [7, 11) is 2.03. The quantitative estimate of drug-likeness (QED) is 0.501. The molecule has 1 aliphatic carbocycles. The van der Waals surface area contributed by atoms with Crippen molar-refractivity contribution in [2.75, 3.05) is 20.1 Å². The zero-order valence-electron chi connectivity index (χ0n) is 25.6. The number of benzene rings is 1. The number of hydrogen-bond acceptors (Lipinski definition) is 8. The molecule has 1 aromatic carbocycles. The minimum atomic E-state index is -0.989. The van der Waals surface area contributed by atoms with Gasteiger partial charge < -0.3 is 19.7 Å². The summed E-state index contributed by atoms with van der Waals surface area (Å²) in [6.45, 7) is 6.92. The Bertz CT molecular complexity index is 1540. The Labute approximate surface area is 256 Å². The van der Waals surface area contributed by atoms with Gasteiger partial charge in [0.1, 0.15) is 29.1 Å². The van der Waals surface area contributed by atoms with Crippen LogP contribution in [-0.4, -0.2) is 76.6 Å². The number of rotatable bonds is 5. The van der Waals surface area contributed by atoms with Crippen molar-refractivity contribution in [2.45, 2.75) is 88.6 Å². The molecule has 2 bridgehead atoms. The summed E-state index contributed by atoms with van der Waals surface area (Å²) in [5, 5.41) is 12.6. The zero-order valence-corrected chi connectivity index (χ0v) is 25.6. The number of pyridine rings is 1. The summed E-state index contributed by atoms with van der Waals surface area (Å²) in [5.74, 6) is -1.37. The van der Waals surface area contributed by atoms with E-state index >= 15 is 4.39 Å². The molecule has 0 unspecified atom stereocenters. The first-order valence-electron chi connectivity index (χ1n) is 15.3. The number of esters is 1. The lowest BCUT2D eigenvalue weighted by Gasteiger charge is -2.36. The van der Waals surface area contributed by atoms with Crippen LogP contribution in [0.2, 0.25) is 0 Å². The number of halogens is 1. The maximum Gasteiger partial charge on any atom is 0.411 e. The van der Waals surface area contributed by atoms with E-state index in [0.29, 0.717) is 29.7 Å². The van der Waals surface area contributed by atoms with Crippen molar-refractivity contribution < 1.29 is 28.2 Å². The lowest BCUT2D eigenvalue weighted by atomic mass is 9.84. The number of fused-ring (bicyclic) bond motifs is 4. The van der Waals surface area contributed by atoms with Gasteiger partial charge in [0.2, 0.25) is 5.91 Å². The highest BCUT2D eigenvalue weighted by molar-refractivity contribution is 5.93. The Balaban J connectivity index is 1.16. The molecule has 1 saturated carbocycles. The van der Waals surface area contributed by atoms with E-state index in [4.69, 9.17) is 9.47 Å². The summed E-state index contributed by atoms with van der Waals surface area (Å²) in [4.78, 5) is 47.0. The number of ether oxygens (including phenoxy) is 2. The molecule has 44 heavy (non-hydrogen) atoms. The third kappa shape index (κ3) is 5.52. The highest BCUT2D eigenvalue weighted by atomic mass is 19.1. The Hall–Kier alpha value is -4.04. The summed E-state index contributed by atoms with van der Waals surface area (Å²) >= 11 is 0. The van der Waals surface area contributed by atoms with E-state index in [2.05, 4.69) is 21.3 Å². The van der Waals surface area contributed by atoms with Crippen molar-refractivity contribution in [1.29, 1.82) is 5.26 Å². The molecule has 0 radical (unpaired) electrons. The van der Waals surface area contributed by atoms with E-state index in [9.17, 15) is 19.6 Å². The van der Waals surface area contributed by atoms with E-state index in [1.807, 2.05) is 13.1 Å². The second-order valence-electron chi connectivity index (χ2n) is 13.6. The van der Waals surface area contributed by atoms with Gasteiger partial charge in [-0.2, -0.15) is 5.26 Å². The average molecular weight is 604 g/mol. The van der Waals surface area contributed by atoms with Crippen molar-refractivity contribution in [3.63, 3.8) is 0 Å². The predicted octanol–water partition coefficient (Wildman–Crippen LogP) is 4.32. The first-order valence-corrected chi connectivity index (χ1v) is 15.3. The van der Waals surface area contributed by atoms with Crippen LogP contribution >= 0.6 is 0 Å². The molecule has 4 aliphatic rings. The molecule has 3 aliphatic heterocycles. The van der Waals surface area contributed by atoms with Crippen molar-refractivity contribution >= 4 is 18.0 Å². The smallest absolute Gasteiger partial charge is 0.411 e. The fourth-order valence-corrected chi connectivity index (χ4v) is 7.17. The van der Waals surface area contributed by atoms with Gasteiger partial charge in [0, 0.05) is 55.7 Å². The summed E-state index contributed by atoms with van der Waals surface area (Å²) < 4.78 is 26.9. The number of piperidine rings is 2. The van der Waals surface area contributed by atoms with E-state index in [1.165, 1.54) is 11.0 Å². The third-order valence-corrected chi connectivity index (χ3v) is 9.40. The first-order chi connectivity index (χ1) is 20.9. The van der Waals surface area contributed by atoms with Crippen LogP contribution in [0.4, 0.5) is 9.18 Å². The number of carbonyl (C=O) groups excluding carboxylic acids is 3. The van der Waals surface area contributed by atoms with Gasteiger partial charge in [-0.15, -0.1) is 0 Å². The largest absolute Gasteiger partial charge is 0.449 e. The minimum absolute atomic E-state index is 0.00170. The van der Waals surface area contributed by atoms with Crippen LogP contribution in [0.3, 0.4) is 0 Å². The van der Waals surface area contributed by atoms with E-state index < -0.39 is 47.1 Å². The normalized spacial score (nSPS) is 24.5. The minimum Gasteiger partial charge on any atom is -0.449 e. The number of likely N-dealkylation sites (tertiary alicyclic amines) is 2. The van der Waals surface area contributed by atoms with Gasteiger partial charge in [0.15, 0.2) is 5.69 Å². The molecule has 11 heteroatoms. The Morgan fingerprint density at radius 3 is 2.66 bits per heavy atom. The second kappa shape index (κ2) is 11.1. The molecular formula is C33H38FN5O5. The highest BCUT2D eigenvalue weighted by Gasteiger charge is 2.53. The van der Waals surface area contributed by atoms with Crippen molar-refractivity contribution in [2.24, 2.45) is 5.92 Å². The van der Waals surface area contributed by atoms with Gasteiger partial charge in [0.05, 0.1) is 6.07 Å². The number of nitriles is 1. The number of amides is 2. The number of nitrogens with one attached hydrogen (secondary N) is 1. The molecule has 2 saturated heterocycles. The van der Waals surface area contributed by atoms with Crippen LogP contribution in [0.25, 0.3) is 11.1 Å². The molecule has 10 nitrogen and oxygen atoms in total. The summed E-state index contributed by atoms with van der Waals surface area (Å²) in [6.07, 6.45) is 4.67. The lowest BCUT2D eigenvalue weighted by Crippen LogP contribution is -2.55. The Morgan fingerprint density at radius 2 is 1.98 bits per heavy atom. The topological polar surface area (TPSA) is 125 Å². The molecule has 4 atom stereocenters. The third-order valence-electron chi connectivity index (χ3n) is 9.40. The molecule has 2 amide bonds. The summed E-state index contributed by atoms with van der Waals surface area (Å²) in [6, 6.07) is 6.91. The van der Waals surface area contributed by atoms with Gasteiger partial charge in [-0.1, -0.05) is 12.1 Å². The van der Waals surface area contributed by atoms with Crippen molar-refractivity contribution in [3.8, 4) is 17.2 Å². The highest BCUT2D eigenvalue weighted by Crippen LogP contribution is 2.45. The van der Waals surface area contributed by atoms with Gasteiger partial charge >= 0.3 is 12.1 Å². The van der Waals surface area contributed by atoms with Crippen LogP contribution in [0.1, 0.15) is 74.5 Å². The maximum absolute atomic E-state index is 15.4.